The third kappa shape index (κ3) is 12.9. The Balaban J connectivity index is 0.00000676. The average Bonchev–Trinajstić information content (AvgIpc) is 2.66. The number of piperazine rings is 1. The van der Waals surface area contributed by atoms with Crippen LogP contribution in [0.4, 0.5) is 0 Å². The van der Waals surface area contributed by atoms with Crippen molar-refractivity contribution in [2.75, 3.05) is 65.5 Å². The summed E-state index contributed by atoms with van der Waals surface area (Å²) in [7, 11) is 0. The van der Waals surface area contributed by atoms with Gasteiger partial charge in [-0.05, 0) is 51.6 Å². The van der Waals surface area contributed by atoms with Crippen molar-refractivity contribution in [1.29, 1.82) is 0 Å². The van der Waals surface area contributed by atoms with Gasteiger partial charge in [0.05, 0.1) is 0 Å². The fourth-order valence-electron chi connectivity index (χ4n) is 3.48. The summed E-state index contributed by atoms with van der Waals surface area (Å²) in [6.07, 6.45) is 5.54. The molecule has 7 heteroatoms. The number of nitrogens with one attached hydrogen (secondary N) is 2. The Kier molecular flexibility index (Phi) is 17.9. The summed E-state index contributed by atoms with van der Waals surface area (Å²) in [6, 6.07) is 0. The van der Waals surface area contributed by atoms with Gasteiger partial charge in [0.2, 0.25) is 0 Å². The number of unbranched alkanes of at least 4 members (excludes halogenated alkanes) is 1. The van der Waals surface area contributed by atoms with Crippen LogP contribution in [0.3, 0.4) is 0 Å². The Labute approximate surface area is 184 Å². The monoisotopic (exact) mass is 497 g/mol. The van der Waals surface area contributed by atoms with Gasteiger partial charge in [-0.2, -0.15) is 0 Å². The van der Waals surface area contributed by atoms with E-state index in [2.05, 4.69) is 41.2 Å². The normalized spacial score (nSPS) is 17.4. The predicted molar refractivity (Wildman–Crippen MR) is 127 cm³/mol. The third-order valence-corrected chi connectivity index (χ3v) is 5.19. The first-order chi connectivity index (χ1) is 12.7. The standard InChI is InChI=1S/C20H43N5O.HI/c1-4-9-19(10-17-26)18-23-20(21-5-2)22-11-7-8-12-25-15-13-24(6-3)14-16-25;/h19,26H,4-18H2,1-3H3,(H2,21,22,23);1H. The van der Waals surface area contributed by atoms with Gasteiger partial charge in [0.1, 0.15) is 0 Å². The molecule has 0 saturated carbocycles. The molecule has 0 amide bonds. The largest absolute Gasteiger partial charge is 0.396 e. The Bertz CT molecular complexity index is 356. The lowest BCUT2D eigenvalue weighted by atomic mass is 10.0. The molecule has 162 valence electrons. The maximum atomic E-state index is 9.18. The van der Waals surface area contributed by atoms with Gasteiger partial charge in [-0.3, -0.25) is 4.99 Å². The summed E-state index contributed by atoms with van der Waals surface area (Å²) in [4.78, 5) is 9.84. The molecule has 1 fully saturated rings. The van der Waals surface area contributed by atoms with Crippen molar-refractivity contribution in [1.82, 2.24) is 20.4 Å². The average molecular weight is 498 g/mol. The lowest BCUT2D eigenvalue weighted by Gasteiger charge is -2.34. The molecular weight excluding hydrogens is 453 g/mol. The molecule has 0 spiro atoms. The zero-order valence-corrected chi connectivity index (χ0v) is 20.2. The van der Waals surface area contributed by atoms with Crippen molar-refractivity contribution in [3.05, 3.63) is 0 Å². The molecule has 1 heterocycles. The first kappa shape index (κ1) is 26.9. The number of nitrogens with zero attached hydrogens (tertiary/aromatic N) is 3. The van der Waals surface area contributed by atoms with Crippen LogP contribution in [0.2, 0.25) is 0 Å². The van der Waals surface area contributed by atoms with Crippen molar-refractivity contribution in [3.8, 4) is 0 Å². The van der Waals surface area contributed by atoms with Gasteiger partial charge < -0.3 is 25.5 Å². The summed E-state index contributed by atoms with van der Waals surface area (Å²) < 4.78 is 0. The predicted octanol–water partition coefficient (Wildman–Crippen LogP) is 2.38. The van der Waals surface area contributed by atoms with Crippen LogP contribution in [-0.2, 0) is 0 Å². The van der Waals surface area contributed by atoms with Gasteiger partial charge in [0.25, 0.3) is 0 Å². The third-order valence-electron chi connectivity index (χ3n) is 5.19. The second-order valence-corrected chi connectivity index (χ2v) is 7.30. The number of aliphatic imine (C=N–C) groups is 1. The Hall–Kier alpha value is -0.120. The number of hydrogen-bond acceptors (Lipinski definition) is 4. The molecule has 0 radical (unpaired) electrons. The highest BCUT2D eigenvalue weighted by Crippen LogP contribution is 2.11. The van der Waals surface area contributed by atoms with Crippen LogP contribution in [-0.4, -0.2) is 86.4 Å². The molecule has 0 aromatic rings. The Morgan fingerprint density at radius 3 is 2.30 bits per heavy atom. The molecule has 3 N–H and O–H groups in total. The van der Waals surface area contributed by atoms with E-state index < -0.39 is 0 Å². The number of aliphatic hydroxyl groups is 1. The van der Waals surface area contributed by atoms with E-state index in [-0.39, 0.29) is 30.6 Å². The smallest absolute Gasteiger partial charge is 0.191 e. The minimum absolute atomic E-state index is 0. The summed E-state index contributed by atoms with van der Waals surface area (Å²) in [5, 5.41) is 16.0. The first-order valence-corrected chi connectivity index (χ1v) is 10.8. The van der Waals surface area contributed by atoms with Crippen molar-refractivity contribution in [3.63, 3.8) is 0 Å². The van der Waals surface area contributed by atoms with E-state index in [1.165, 1.54) is 52.1 Å². The van der Waals surface area contributed by atoms with Crippen LogP contribution in [0, 0.1) is 5.92 Å². The minimum Gasteiger partial charge on any atom is -0.396 e. The van der Waals surface area contributed by atoms with E-state index in [1.807, 2.05) is 0 Å². The summed E-state index contributed by atoms with van der Waals surface area (Å²) in [6.45, 7) is 16.7. The molecule has 0 bridgehead atoms. The second-order valence-electron chi connectivity index (χ2n) is 7.30. The topological polar surface area (TPSA) is 63.1 Å². The van der Waals surface area contributed by atoms with E-state index in [0.717, 1.165) is 44.9 Å². The molecule has 6 nitrogen and oxygen atoms in total. The van der Waals surface area contributed by atoms with Crippen molar-refractivity contribution in [2.45, 2.75) is 52.9 Å². The number of guanidine groups is 1. The zero-order chi connectivity index (χ0) is 19.0. The van der Waals surface area contributed by atoms with Gasteiger partial charge in [0.15, 0.2) is 5.96 Å². The first-order valence-electron chi connectivity index (χ1n) is 10.8. The second kappa shape index (κ2) is 17.9. The van der Waals surface area contributed by atoms with Gasteiger partial charge >= 0.3 is 0 Å². The van der Waals surface area contributed by atoms with Crippen LogP contribution in [0.15, 0.2) is 4.99 Å². The molecule has 0 aromatic heterocycles. The molecular formula is C20H44IN5O. The highest BCUT2D eigenvalue weighted by atomic mass is 127. The SMILES string of the molecule is CCCC(CCO)CN=C(NCC)NCCCCN1CCN(CC)CC1.I. The summed E-state index contributed by atoms with van der Waals surface area (Å²) in [5.74, 6) is 1.41. The van der Waals surface area contributed by atoms with Gasteiger partial charge in [-0.25, -0.2) is 0 Å². The summed E-state index contributed by atoms with van der Waals surface area (Å²) >= 11 is 0. The highest BCUT2D eigenvalue weighted by molar-refractivity contribution is 14.0. The van der Waals surface area contributed by atoms with Gasteiger partial charge in [-0.1, -0.05) is 20.3 Å². The quantitative estimate of drug-likeness (QED) is 0.158. The molecule has 1 atom stereocenters. The van der Waals surface area contributed by atoms with Crippen LogP contribution < -0.4 is 10.6 Å². The van der Waals surface area contributed by atoms with Crippen molar-refractivity contribution in [2.24, 2.45) is 10.9 Å². The highest BCUT2D eigenvalue weighted by Gasteiger charge is 2.14. The zero-order valence-electron chi connectivity index (χ0n) is 17.9. The number of aliphatic hydroxyl groups excluding tert-OH is 1. The lowest BCUT2D eigenvalue weighted by molar-refractivity contribution is 0.136. The molecule has 1 unspecified atom stereocenters. The maximum Gasteiger partial charge on any atom is 0.191 e. The number of halogens is 1. The van der Waals surface area contributed by atoms with Gasteiger partial charge in [0, 0.05) is 52.4 Å². The summed E-state index contributed by atoms with van der Waals surface area (Å²) in [5.41, 5.74) is 0. The fourth-order valence-corrected chi connectivity index (χ4v) is 3.48. The van der Waals surface area contributed by atoms with E-state index in [4.69, 9.17) is 4.99 Å². The lowest BCUT2D eigenvalue weighted by Crippen LogP contribution is -2.46. The number of likely N-dealkylation sites (N-methyl/N-ethyl adjacent to an activating group) is 1. The molecule has 1 aliphatic heterocycles. The van der Waals surface area contributed by atoms with E-state index in [9.17, 15) is 5.11 Å². The molecule has 1 saturated heterocycles. The van der Waals surface area contributed by atoms with E-state index in [0.29, 0.717) is 5.92 Å². The van der Waals surface area contributed by atoms with Crippen LogP contribution in [0.1, 0.15) is 52.9 Å². The molecule has 0 aromatic carbocycles. The van der Waals surface area contributed by atoms with Gasteiger partial charge in [-0.15, -0.1) is 24.0 Å². The number of rotatable bonds is 13. The Morgan fingerprint density at radius 1 is 1.00 bits per heavy atom. The number of hydrogen-bond donors (Lipinski definition) is 3. The van der Waals surface area contributed by atoms with E-state index >= 15 is 0 Å². The molecule has 1 rings (SSSR count). The fraction of sp³-hybridized carbons (Fsp3) is 0.950. The molecule has 0 aliphatic carbocycles. The van der Waals surface area contributed by atoms with Crippen LogP contribution in [0.25, 0.3) is 0 Å². The van der Waals surface area contributed by atoms with Crippen molar-refractivity contribution < 1.29 is 5.11 Å². The van der Waals surface area contributed by atoms with Crippen molar-refractivity contribution >= 4 is 29.9 Å². The molecule has 27 heavy (non-hydrogen) atoms. The maximum absolute atomic E-state index is 9.18. The minimum atomic E-state index is 0. The van der Waals surface area contributed by atoms with Crippen LogP contribution in [0.5, 0.6) is 0 Å². The van der Waals surface area contributed by atoms with Crippen LogP contribution >= 0.6 is 24.0 Å². The Morgan fingerprint density at radius 2 is 1.70 bits per heavy atom. The van der Waals surface area contributed by atoms with E-state index in [1.54, 1.807) is 0 Å². The molecule has 1 aliphatic rings.